The molecule has 0 spiro atoms. The Balaban J connectivity index is 1.96. The molecule has 2 aromatic rings. The van der Waals surface area contributed by atoms with Crippen LogP contribution in [-0.4, -0.2) is 21.0 Å². The SMILES string of the molecule is CCC(=O)Oc1ccc(CCOS(=O)(=O)c2ccc(C)cc2)cc1C. The standard InChI is InChI=1S/C19H22O5S/c1-4-19(20)24-18-10-7-16(13-15(18)3)11-12-23-25(21,22)17-8-5-14(2)6-9-17/h5-10,13H,4,11-12H2,1-3H3. The van der Waals surface area contributed by atoms with Crippen molar-refractivity contribution >= 4 is 16.1 Å². The van der Waals surface area contributed by atoms with Crippen LogP contribution >= 0.6 is 0 Å². The number of rotatable bonds is 7. The van der Waals surface area contributed by atoms with Gasteiger partial charge in [0.25, 0.3) is 10.1 Å². The molecule has 6 heteroatoms. The summed E-state index contributed by atoms with van der Waals surface area (Å²) in [6, 6.07) is 11.9. The number of carbonyl (C=O) groups excluding carboxylic acids is 1. The van der Waals surface area contributed by atoms with Gasteiger partial charge in [0, 0.05) is 6.42 Å². The lowest BCUT2D eigenvalue weighted by Gasteiger charge is -2.09. The zero-order chi connectivity index (χ0) is 18.4. The molecule has 0 saturated heterocycles. The fourth-order valence-electron chi connectivity index (χ4n) is 2.22. The fraction of sp³-hybridized carbons (Fsp3) is 0.316. The largest absolute Gasteiger partial charge is 0.426 e. The molecule has 25 heavy (non-hydrogen) atoms. The van der Waals surface area contributed by atoms with Gasteiger partial charge in [-0.05, 0) is 49.6 Å². The summed E-state index contributed by atoms with van der Waals surface area (Å²) >= 11 is 0. The highest BCUT2D eigenvalue weighted by molar-refractivity contribution is 7.86. The van der Waals surface area contributed by atoms with E-state index < -0.39 is 10.1 Å². The van der Waals surface area contributed by atoms with Gasteiger partial charge in [0.05, 0.1) is 11.5 Å². The van der Waals surface area contributed by atoms with Gasteiger partial charge in [-0.3, -0.25) is 8.98 Å². The predicted octanol–water partition coefficient (Wildman–Crippen LogP) is 3.57. The van der Waals surface area contributed by atoms with Gasteiger partial charge in [0.1, 0.15) is 5.75 Å². The van der Waals surface area contributed by atoms with Crippen LogP contribution in [0.5, 0.6) is 5.75 Å². The third-order valence-electron chi connectivity index (χ3n) is 3.69. The summed E-state index contributed by atoms with van der Waals surface area (Å²) in [5.74, 6) is 0.229. The normalized spacial score (nSPS) is 11.3. The van der Waals surface area contributed by atoms with Gasteiger partial charge >= 0.3 is 5.97 Å². The summed E-state index contributed by atoms with van der Waals surface area (Å²) in [4.78, 5) is 11.5. The maximum atomic E-state index is 12.1. The van der Waals surface area contributed by atoms with Crippen LogP contribution in [-0.2, 0) is 25.5 Å². The first kappa shape index (κ1) is 19.1. The van der Waals surface area contributed by atoms with Gasteiger partial charge in [-0.2, -0.15) is 8.42 Å². The van der Waals surface area contributed by atoms with E-state index in [0.29, 0.717) is 18.6 Å². The van der Waals surface area contributed by atoms with Crippen molar-refractivity contribution in [1.29, 1.82) is 0 Å². The lowest BCUT2D eigenvalue weighted by Crippen LogP contribution is -2.10. The van der Waals surface area contributed by atoms with E-state index in [9.17, 15) is 13.2 Å². The fourth-order valence-corrected chi connectivity index (χ4v) is 3.13. The van der Waals surface area contributed by atoms with E-state index in [2.05, 4.69) is 0 Å². The van der Waals surface area contributed by atoms with Crippen LogP contribution in [0.25, 0.3) is 0 Å². The molecule has 2 rings (SSSR count). The Hall–Kier alpha value is -2.18. The summed E-state index contributed by atoms with van der Waals surface area (Å²) in [6.45, 7) is 5.51. The molecule has 134 valence electrons. The maximum absolute atomic E-state index is 12.1. The second-order valence-corrected chi connectivity index (χ2v) is 7.38. The van der Waals surface area contributed by atoms with Gasteiger partial charge in [-0.1, -0.05) is 36.8 Å². The summed E-state index contributed by atoms with van der Waals surface area (Å²) in [6.07, 6.45) is 0.750. The molecule has 0 N–H and O–H groups in total. The van der Waals surface area contributed by atoms with Crippen molar-refractivity contribution in [3.8, 4) is 5.75 Å². The van der Waals surface area contributed by atoms with Crippen LogP contribution in [0.2, 0.25) is 0 Å². The van der Waals surface area contributed by atoms with Crippen molar-refractivity contribution in [3.05, 3.63) is 59.2 Å². The van der Waals surface area contributed by atoms with Gasteiger partial charge < -0.3 is 4.74 Å². The number of ether oxygens (including phenoxy) is 1. The average molecular weight is 362 g/mol. The first-order chi connectivity index (χ1) is 11.8. The molecule has 0 aliphatic heterocycles. The Bertz CT molecular complexity index is 839. The van der Waals surface area contributed by atoms with Crippen LogP contribution in [0.1, 0.15) is 30.0 Å². The highest BCUT2D eigenvalue weighted by atomic mass is 32.2. The predicted molar refractivity (Wildman–Crippen MR) is 95.1 cm³/mol. The van der Waals surface area contributed by atoms with Crippen LogP contribution < -0.4 is 4.74 Å². The summed E-state index contributed by atoms with van der Waals surface area (Å²) in [7, 11) is -3.75. The second kappa shape index (κ2) is 8.27. The Labute approximate surface area is 148 Å². The number of benzene rings is 2. The topological polar surface area (TPSA) is 69.7 Å². The van der Waals surface area contributed by atoms with Crippen LogP contribution in [0.3, 0.4) is 0 Å². The molecule has 0 aromatic heterocycles. The molecule has 5 nitrogen and oxygen atoms in total. The van der Waals surface area contributed by atoms with Crippen LogP contribution in [0.15, 0.2) is 47.4 Å². The average Bonchev–Trinajstić information content (AvgIpc) is 2.57. The van der Waals surface area contributed by atoms with E-state index in [1.807, 2.05) is 19.9 Å². The van der Waals surface area contributed by atoms with Crippen molar-refractivity contribution in [1.82, 2.24) is 0 Å². The molecule has 2 aromatic carbocycles. The lowest BCUT2D eigenvalue weighted by atomic mass is 10.1. The molecule has 0 aliphatic carbocycles. The zero-order valence-electron chi connectivity index (χ0n) is 14.6. The van der Waals surface area contributed by atoms with E-state index >= 15 is 0 Å². The number of carbonyl (C=O) groups is 1. The smallest absolute Gasteiger partial charge is 0.310 e. The number of hydrogen-bond acceptors (Lipinski definition) is 5. The van der Waals surface area contributed by atoms with E-state index in [1.54, 1.807) is 31.2 Å². The van der Waals surface area contributed by atoms with Gasteiger partial charge in [-0.15, -0.1) is 0 Å². The summed E-state index contributed by atoms with van der Waals surface area (Å²) < 4.78 is 34.6. The van der Waals surface area contributed by atoms with Crippen molar-refractivity contribution in [2.24, 2.45) is 0 Å². The Morgan fingerprint density at radius 1 is 1.04 bits per heavy atom. The molecule has 0 unspecified atom stereocenters. The third kappa shape index (κ3) is 5.41. The summed E-state index contributed by atoms with van der Waals surface area (Å²) in [5.41, 5.74) is 2.71. The molecular weight excluding hydrogens is 340 g/mol. The lowest BCUT2D eigenvalue weighted by molar-refractivity contribution is -0.134. The van der Waals surface area contributed by atoms with Crippen LogP contribution in [0, 0.1) is 13.8 Å². The Morgan fingerprint density at radius 2 is 1.72 bits per heavy atom. The third-order valence-corrected chi connectivity index (χ3v) is 5.02. The molecular formula is C19H22O5S. The highest BCUT2D eigenvalue weighted by Gasteiger charge is 2.14. The second-order valence-electron chi connectivity index (χ2n) is 5.77. The minimum Gasteiger partial charge on any atom is -0.426 e. The molecule has 0 heterocycles. The van der Waals surface area contributed by atoms with Gasteiger partial charge in [0.2, 0.25) is 0 Å². The first-order valence-corrected chi connectivity index (χ1v) is 9.49. The van der Waals surface area contributed by atoms with E-state index in [-0.39, 0.29) is 17.5 Å². The number of aryl methyl sites for hydroxylation is 2. The Kier molecular flexibility index (Phi) is 6.33. The van der Waals surface area contributed by atoms with Gasteiger partial charge in [-0.25, -0.2) is 0 Å². The number of hydrogen-bond donors (Lipinski definition) is 0. The van der Waals surface area contributed by atoms with Crippen molar-refractivity contribution in [3.63, 3.8) is 0 Å². The number of esters is 1. The van der Waals surface area contributed by atoms with Gasteiger partial charge in [0.15, 0.2) is 0 Å². The molecule has 0 atom stereocenters. The Morgan fingerprint density at radius 3 is 2.32 bits per heavy atom. The van der Waals surface area contributed by atoms with Crippen LogP contribution in [0.4, 0.5) is 0 Å². The van der Waals surface area contributed by atoms with E-state index in [4.69, 9.17) is 8.92 Å². The molecule has 0 bridgehead atoms. The molecule has 0 fully saturated rings. The quantitative estimate of drug-likeness (QED) is 0.428. The summed E-state index contributed by atoms with van der Waals surface area (Å²) in [5, 5.41) is 0. The molecule has 0 amide bonds. The minimum absolute atomic E-state index is 0.0454. The molecule has 0 aliphatic rings. The molecule has 0 radical (unpaired) electrons. The molecule has 0 saturated carbocycles. The first-order valence-electron chi connectivity index (χ1n) is 8.08. The van der Waals surface area contributed by atoms with E-state index in [1.165, 1.54) is 12.1 Å². The minimum atomic E-state index is -3.75. The highest BCUT2D eigenvalue weighted by Crippen LogP contribution is 2.20. The maximum Gasteiger partial charge on any atom is 0.310 e. The van der Waals surface area contributed by atoms with Crippen molar-refractivity contribution in [2.45, 2.75) is 38.5 Å². The van der Waals surface area contributed by atoms with E-state index in [0.717, 1.165) is 16.7 Å². The zero-order valence-corrected chi connectivity index (χ0v) is 15.4. The van der Waals surface area contributed by atoms with Crippen molar-refractivity contribution < 1.29 is 22.1 Å². The van der Waals surface area contributed by atoms with Crippen molar-refractivity contribution in [2.75, 3.05) is 6.61 Å². The monoisotopic (exact) mass is 362 g/mol.